The highest BCUT2D eigenvalue weighted by Crippen LogP contribution is 2.39. The molecule has 9 heteroatoms. The van der Waals surface area contributed by atoms with E-state index in [0.717, 1.165) is 49.2 Å². The number of hydrogen-bond acceptors (Lipinski definition) is 7. The minimum atomic E-state index is -0.220. The molecule has 1 fully saturated rings. The van der Waals surface area contributed by atoms with E-state index in [1.54, 1.807) is 22.3 Å². The number of carbonyl (C=O) groups is 1. The molecule has 1 unspecified atom stereocenters. The summed E-state index contributed by atoms with van der Waals surface area (Å²) in [5.74, 6) is 0.215. The summed E-state index contributed by atoms with van der Waals surface area (Å²) in [6.07, 6.45) is 5.67. The molecule has 3 aromatic heterocycles. The predicted octanol–water partition coefficient (Wildman–Crippen LogP) is 3.58. The standard InChI is InChI=1S/C21H25N5O3S/c1-12(2)15-9-17(29-24-15)20(27)26(11-13-5-4-8-28-13)21-23-19-14-10-22-25(3)16(14)6-7-18(19)30-21/h9-10,12-13H,4-8,11H2,1-3H3. The minimum absolute atomic E-state index is 0.0105. The average Bonchev–Trinajstić information content (AvgIpc) is 3.51. The highest BCUT2D eigenvalue weighted by Gasteiger charge is 2.32. The molecule has 1 atom stereocenters. The fraction of sp³-hybridized carbons (Fsp3) is 0.524. The summed E-state index contributed by atoms with van der Waals surface area (Å²) in [5, 5.41) is 9.13. The van der Waals surface area contributed by atoms with Crippen molar-refractivity contribution in [3.8, 4) is 11.3 Å². The van der Waals surface area contributed by atoms with E-state index >= 15 is 0 Å². The molecule has 5 rings (SSSR count). The van der Waals surface area contributed by atoms with E-state index in [0.29, 0.717) is 11.7 Å². The normalized spacial score (nSPS) is 17.9. The average molecular weight is 428 g/mol. The van der Waals surface area contributed by atoms with Crippen LogP contribution < -0.4 is 4.90 Å². The zero-order valence-electron chi connectivity index (χ0n) is 17.4. The first-order valence-electron chi connectivity index (χ1n) is 10.4. The second-order valence-corrected chi connectivity index (χ2v) is 9.28. The van der Waals surface area contributed by atoms with E-state index < -0.39 is 0 Å². The molecule has 0 aromatic carbocycles. The molecule has 2 aliphatic rings. The summed E-state index contributed by atoms with van der Waals surface area (Å²) in [7, 11) is 1.96. The largest absolute Gasteiger partial charge is 0.376 e. The van der Waals surface area contributed by atoms with E-state index in [4.69, 9.17) is 14.2 Å². The van der Waals surface area contributed by atoms with Crippen LogP contribution in [0.2, 0.25) is 0 Å². The van der Waals surface area contributed by atoms with E-state index in [2.05, 4.69) is 10.3 Å². The Hall–Kier alpha value is -2.52. The number of carbonyl (C=O) groups excluding carboxylic acids is 1. The molecule has 8 nitrogen and oxygen atoms in total. The molecule has 1 saturated heterocycles. The Morgan fingerprint density at radius 3 is 3.00 bits per heavy atom. The summed E-state index contributed by atoms with van der Waals surface area (Å²) in [4.78, 5) is 21.2. The van der Waals surface area contributed by atoms with Crippen molar-refractivity contribution in [1.82, 2.24) is 19.9 Å². The molecule has 0 bridgehead atoms. The molecule has 0 saturated carbocycles. The monoisotopic (exact) mass is 427 g/mol. The molecule has 0 spiro atoms. The second-order valence-electron chi connectivity index (χ2n) is 8.22. The predicted molar refractivity (Wildman–Crippen MR) is 113 cm³/mol. The van der Waals surface area contributed by atoms with Crippen molar-refractivity contribution in [1.29, 1.82) is 0 Å². The van der Waals surface area contributed by atoms with Crippen LogP contribution in [-0.4, -0.2) is 45.1 Å². The maximum Gasteiger partial charge on any atom is 0.298 e. The molecule has 0 N–H and O–H groups in total. The number of fused-ring (bicyclic) bond motifs is 3. The van der Waals surface area contributed by atoms with Crippen molar-refractivity contribution < 1.29 is 14.1 Å². The number of rotatable bonds is 5. The Morgan fingerprint density at radius 1 is 1.40 bits per heavy atom. The van der Waals surface area contributed by atoms with Gasteiger partial charge < -0.3 is 9.26 Å². The van der Waals surface area contributed by atoms with Crippen molar-refractivity contribution in [3.63, 3.8) is 0 Å². The van der Waals surface area contributed by atoms with Crippen LogP contribution in [0.1, 0.15) is 59.4 Å². The summed E-state index contributed by atoms with van der Waals surface area (Å²) in [5.41, 5.74) is 3.96. The lowest BCUT2D eigenvalue weighted by Crippen LogP contribution is -2.37. The topological polar surface area (TPSA) is 86.3 Å². The van der Waals surface area contributed by atoms with E-state index in [9.17, 15) is 4.79 Å². The summed E-state index contributed by atoms with van der Waals surface area (Å²) in [6.45, 7) is 5.25. The lowest BCUT2D eigenvalue weighted by atomic mass is 10.0. The lowest BCUT2D eigenvalue weighted by molar-refractivity contribution is 0.0887. The van der Waals surface area contributed by atoms with Crippen molar-refractivity contribution >= 4 is 22.4 Å². The Kier molecular flexibility index (Phi) is 4.94. The maximum atomic E-state index is 13.4. The minimum Gasteiger partial charge on any atom is -0.376 e. The van der Waals surface area contributed by atoms with Crippen LogP contribution in [0, 0.1) is 0 Å². The molecule has 1 aliphatic heterocycles. The van der Waals surface area contributed by atoms with Crippen LogP contribution in [0.3, 0.4) is 0 Å². The summed E-state index contributed by atoms with van der Waals surface area (Å²) in [6, 6.07) is 1.74. The van der Waals surface area contributed by atoms with E-state index in [-0.39, 0.29) is 23.7 Å². The molecular formula is C21H25N5O3S. The number of thiazole rings is 1. The zero-order valence-corrected chi connectivity index (χ0v) is 18.2. The van der Waals surface area contributed by atoms with Gasteiger partial charge in [-0.2, -0.15) is 5.10 Å². The summed E-state index contributed by atoms with van der Waals surface area (Å²) < 4.78 is 13.1. The Bertz CT molecular complexity index is 1080. The molecule has 158 valence electrons. The van der Waals surface area contributed by atoms with Gasteiger partial charge in [-0.15, -0.1) is 11.3 Å². The lowest BCUT2D eigenvalue weighted by Gasteiger charge is -2.21. The van der Waals surface area contributed by atoms with Gasteiger partial charge in [0.25, 0.3) is 5.91 Å². The first-order valence-corrected chi connectivity index (χ1v) is 11.2. The van der Waals surface area contributed by atoms with Crippen LogP contribution >= 0.6 is 11.3 Å². The number of anilines is 1. The Morgan fingerprint density at radius 2 is 2.27 bits per heavy atom. The fourth-order valence-electron chi connectivity index (χ4n) is 4.06. The third kappa shape index (κ3) is 3.35. The molecular weight excluding hydrogens is 402 g/mol. The van der Waals surface area contributed by atoms with Crippen molar-refractivity contribution in [2.24, 2.45) is 7.05 Å². The smallest absolute Gasteiger partial charge is 0.298 e. The second kappa shape index (κ2) is 7.63. The third-order valence-corrected chi connectivity index (χ3v) is 6.95. The molecule has 4 heterocycles. The number of aromatic nitrogens is 4. The molecule has 0 radical (unpaired) electrons. The van der Waals surface area contributed by atoms with Gasteiger partial charge in [-0.1, -0.05) is 19.0 Å². The van der Waals surface area contributed by atoms with Crippen LogP contribution in [0.25, 0.3) is 11.3 Å². The van der Waals surface area contributed by atoms with Crippen LogP contribution in [0.15, 0.2) is 16.8 Å². The van der Waals surface area contributed by atoms with Crippen molar-refractivity contribution in [2.75, 3.05) is 18.1 Å². The molecule has 30 heavy (non-hydrogen) atoms. The van der Waals surface area contributed by atoms with Gasteiger partial charge in [0.2, 0.25) is 5.76 Å². The Labute approximate surface area is 178 Å². The van der Waals surface area contributed by atoms with Gasteiger partial charge in [0.1, 0.15) is 0 Å². The molecule has 1 aliphatic carbocycles. The van der Waals surface area contributed by atoms with Gasteiger partial charge >= 0.3 is 0 Å². The highest BCUT2D eigenvalue weighted by molar-refractivity contribution is 7.16. The maximum absolute atomic E-state index is 13.4. The first-order chi connectivity index (χ1) is 14.5. The third-order valence-electron chi connectivity index (χ3n) is 5.81. The van der Waals surface area contributed by atoms with Gasteiger partial charge in [-0.25, -0.2) is 4.98 Å². The highest BCUT2D eigenvalue weighted by atomic mass is 32.1. The number of ether oxygens (including phenoxy) is 1. The number of amides is 1. The first kappa shape index (κ1) is 19.4. The quantitative estimate of drug-likeness (QED) is 0.619. The SMILES string of the molecule is CC(C)c1cc(C(=O)N(CC2CCCO2)c2nc3c(s2)CCc2c-3cnn2C)on1. The van der Waals surface area contributed by atoms with Gasteiger partial charge in [0.15, 0.2) is 5.13 Å². The fourth-order valence-corrected chi connectivity index (χ4v) is 5.14. The van der Waals surface area contributed by atoms with Gasteiger partial charge in [0.05, 0.1) is 30.2 Å². The van der Waals surface area contributed by atoms with Gasteiger partial charge in [-0.3, -0.25) is 14.4 Å². The number of nitrogens with zero attached hydrogens (tertiary/aromatic N) is 5. The molecule has 3 aromatic rings. The zero-order chi connectivity index (χ0) is 20.8. The van der Waals surface area contributed by atoms with Crippen LogP contribution in [0.4, 0.5) is 5.13 Å². The van der Waals surface area contributed by atoms with E-state index in [1.807, 2.05) is 31.8 Å². The van der Waals surface area contributed by atoms with E-state index in [1.165, 1.54) is 10.6 Å². The van der Waals surface area contributed by atoms with Crippen molar-refractivity contribution in [2.45, 2.75) is 51.6 Å². The van der Waals surface area contributed by atoms with Crippen molar-refractivity contribution in [3.05, 3.63) is 34.3 Å². The van der Waals surface area contributed by atoms with Crippen LogP contribution in [-0.2, 0) is 24.6 Å². The Balaban J connectivity index is 1.51. The van der Waals surface area contributed by atoms with Gasteiger partial charge in [0, 0.05) is 35.9 Å². The summed E-state index contributed by atoms with van der Waals surface area (Å²) >= 11 is 1.58. The van der Waals surface area contributed by atoms with Crippen LogP contribution in [0.5, 0.6) is 0 Å². The number of aryl methyl sites for hydroxylation is 2. The van der Waals surface area contributed by atoms with Gasteiger partial charge in [-0.05, 0) is 31.6 Å². The molecule has 1 amide bonds. The number of hydrogen-bond donors (Lipinski definition) is 0.